The molecule has 0 spiro atoms. The van der Waals surface area contributed by atoms with Crippen LogP contribution >= 0.6 is 11.9 Å². The number of hydrogen-bond acceptors (Lipinski definition) is 6. The maximum atomic E-state index is 13.8. The highest BCUT2D eigenvalue weighted by molar-refractivity contribution is 7.99. The van der Waals surface area contributed by atoms with Gasteiger partial charge in [-0.3, -0.25) is 14.2 Å². The first-order chi connectivity index (χ1) is 21.2. The van der Waals surface area contributed by atoms with Gasteiger partial charge in [0.15, 0.2) is 0 Å². The Morgan fingerprint density at radius 2 is 1.61 bits per heavy atom. The number of fused-ring (bicyclic) bond motifs is 2. The highest BCUT2D eigenvalue weighted by Gasteiger charge is 2.24. The first-order valence-corrected chi connectivity index (χ1v) is 15.0. The summed E-state index contributed by atoms with van der Waals surface area (Å²) < 4.78 is 37.0. The highest BCUT2D eigenvalue weighted by atomic mass is 32.2. The monoisotopic (exact) mass is 610 g/mol. The topological polar surface area (TPSA) is 80.4 Å². The number of carbonyl (C=O) groups excluding carboxylic acids is 1. The van der Waals surface area contributed by atoms with E-state index in [1.165, 1.54) is 47.1 Å². The predicted molar refractivity (Wildman–Crippen MR) is 172 cm³/mol. The number of nitrogens with zero attached hydrogens (tertiary/aromatic N) is 3. The van der Waals surface area contributed by atoms with Crippen LogP contribution in [-0.2, 0) is 0 Å². The molecule has 6 rings (SSSR count). The van der Waals surface area contributed by atoms with Crippen molar-refractivity contribution in [3.05, 3.63) is 118 Å². The zero-order chi connectivity index (χ0) is 31.1. The minimum Gasteiger partial charge on any atom is -0.455 e. The summed E-state index contributed by atoms with van der Waals surface area (Å²) in [4.78, 5) is 31.5. The lowest BCUT2D eigenvalue weighted by molar-refractivity contribution is 0.0964. The maximum Gasteiger partial charge on any atom is 0.261 e. The molecule has 44 heavy (non-hydrogen) atoms. The van der Waals surface area contributed by atoms with Gasteiger partial charge in [-0.2, -0.15) is 0 Å². The molecule has 2 heterocycles. The lowest BCUT2D eigenvalue weighted by Crippen LogP contribution is -2.24. The molecule has 0 saturated heterocycles. The van der Waals surface area contributed by atoms with E-state index in [9.17, 15) is 18.4 Å². The van der Waals surface area contributed by atoms with Gasteiger partial charge in [-0.1, -0.05) is 30.1 Å². The zero-order valence-corrected chi connectivity index (χ0v) is 25.2. The van der Waals surface area contributed by atoms with Gasteiger partial charge >= 0.3 is 0 Å². The minimum absolute atomic E-state index is 0.234. The van der Waals surface area contributed by atoms with Crippen molar-refractivity contribution < 1.29 is 18.0 Å². The van der Waals surface area contributed by atoms with E-state index in [0.717, 1.165) is 22.4 Å². The van der Waals surface area contributed by atoms with E-state index in [1.54, 1.807) is 43.4 Å². The number of amides is 1. The van der Waals surface area contributed by atoms with Crippen LogP contribution in [0.15, 0.2) is 94.4 Å². The molecule has 0 radical (unpaired) electrons. The van der Waals surface area contributed by atoms with Gasteiger partial charge in [-0.05, 0) is 72.6 Å². The van der Waals surface area contributed by atoms with Crippen molar-refractivity contribution in [3.63, 3.8) is 0 Å². The minimum atomic E-state index is -0.394. The summed E-state index contributed by atoms with van der Waals surface area (Å²) in [5, 5.41) is 3.69. The normalized spacial score (nSPS) is 12.0. The molecular formula is C34H28F2N4O3S. The van der Waals surface area contributed by atoms with Crippen LogP contribution in [0.2, 0.25) is 0 Å². The van der Waals surface area contributed by atoms with Gasteiger partial charge < -0.3 is 14.0 Å². The van der Waals surface area contributed by atoms with Crippen LogP contribution in [0.5, 0.6) is 0 Å². The van der Waals surface area contributed by atoms with E-state index in [1.807, 2.05) is 42.7 Å². The summed E-state index contributed by atoms with van der Waals surface area (Å²) in [5.74, 6) is -0.760. The number of hydrogen-bond donors (Lipinski definition) is 1. The van der Waals surface area contributed by atoms with E-state index < -0.39 is 5.82 Å². The molecule has 1 amide bonds. The fraction of sp³-hybridized carbons (Fsp3) is 0.147. The van der Waals surface area contributed by atoms with Crippen LogP contribution in [0.25, 0.3) is 44.3 Å². The molecule has 4 aromatic carbocycles. The van der Waals surface area contributed by atoms with Crippen molar-refractivity contribution >= 4 is 45.4 Å². The summed E-state index contributed by atoms with van der Waals surface area (Å²) in [6.45, 7) is 1.86. The molecule has 0 fully saturated rings. The SMILES string of the molecule is CNC(=O)c1c(-c2ccc(F)cc2)oc2cc(N(C)SC)c(-c3ccc4ncn(C(C)c5ccc(F)cc5)c(=O)c4c3)cc12. The molecule has 10 heteroatoms. The number of aromatic nitrogens is 2. The average molecular weight is 611 g/mol. The van der Waals surface area contributed by atoms with E-state index in [4.69, 9.17) is 4.42 Å². The number of furan rings is 1. The van der Waals surface area contributed by atoms with Crippen LogP contribution in [0, 0.1) is 11.6 Å². The second kappa shape index (κ2) is 11.6. The molecule has 1 atom stereocenters. The molecule has 222 valence electrons. The largest absolute Gasteiger partial charge is 0.455 e. The molecule has 1 unspecified atom stereocenters. The Hall–Kier alpha value is -4.96. The van der Waals surface area contributed by atoms with Gasteiger partial charge in [-0.15, -0.1) is 0 Å². The van der Waals surface area contributed by atoms with Crippen LogP contribution in [-0.4, -0.2) is 35.8 Å². The van der Waals surface area contributed by atoms with Crippen LogP contribution < -0.4 is 15.2 Å². The van der Waals surface area contributed by atoms with Gasteiger partial charge in [0.1, 0.15) is 23.0 Å². The van der Waals surface area contributed by atoms with Crippen LogP contribution in [0.4, 0.5) is 14.5 Å². The quantitative estimate of drug-likeness (QED) is 0.189. The van der Waals surface area contributed by atoms with Crippen molar-refractivity contribution in [1.29, 1.82) is 0 Å². The summed E-state index contributed by atoms with van der Waals surface area (Å²) in [7, 11) is 3.46. The van der Waals surface area contributed by atoms with Crippen LogP contribution in [0.3, 0.4) is 0 Å². The Labute approximate surface area is 256 Å². The molecule has 6 aromatic rings. The van der Waals surface area contributed by atoms with Crippen molar-refractivity contribution in [1.82, 2.24) is 14.9 Å². The third-order valence-electron chi connectivity index (χ3n) is 7.84. The third-order valence-corrected chi connectivity index (χ3v) is 8.59. The van der Waals surface area contributed by atoms with Gasteiger partial charge in [0.05, 0.1) is 34.5 Å². The standard InChI is InChI=1S/C34H28F2N4O3S/c1-19(20-5-10-23(35)11-6-20)40-18-38-28-14-9-22(15-26(28)34(40)42)25-16-27-30(17-29(25)39(3)44-4)43-32(31(27)33(41)37-2)21-7-12-24(36)13-8-21/h5-19H,1-4H3,(H,37,41). The fourth-order valence-corrected chi connectivity index (χ4v) is 5.71. The zero-order valence-electron chi connectivity index (χ0n) is 24.4. The first-order valence-electron chi connectivity index (χ1n) is 13.8. The Morgan fingerprint density at radius 1 is 0.955 bits per heavy atom. The summed E-state index contributed by atoms with van der Waals surface area (Å²) in [6.07, 6.45) is 3.45. The number of carbonyl (C=O) groups is 1. The van der Waals surface area contributed by atoms with E-state index in [-0.39, 0.29) is 23.3 Å². The number of halogens is 2. The number of benzene rings is 4. The molecule has 0 bridgehead atoms. The Bertz CT molecular complexity index is 2090. The average Bonchev–Trinajstić information content (AvgIpc) is 3.42. The van der Waals surface area contributed by atoms with Crippen LogP contribution in [0.1, 0.15) is 28.9 Å². The highest BCUT2D eigenvalue weighted by Crippen LogP contribution is 2.42. The third kappa shape index (κ3) is 5.11. The molecule has 0 saturated carbocycles. The van der Waals surface area contributed by atoms with E-state index >= 15 is 0 Å². The maximum absolute atomic E-state index is 13.8. The van der Waals surface area contributed by atoms with Crippen molar-refractivity contribution in [3.8, 4) is 22.5 Å². The first kappa shape index (κ1) is 29.1. The Kier molecular flexibility index (Phi) is 7.69. The fourth-order valence-electron chi connectivity index (χ4n) is 5.36. The molecule has 1 N–H and O–H groups in total. The summed E-state index contributed by atoms with van der Waals surface area (Å²) >= 11 is 1.49. The number of anilines is 1. The second-order valence-corrected chi connectivity index (χ2v) is 11.3. The Morgan fingerprint density at radius 3 is 2.27 bits per heavy atom. The molecule has 0 aliphatic heterocycles. The van der Waals surface area contributed by atoms with Gasteiger partial charge in [-0.25, -0.2) is 13.8 Å². The molecule has 0 aliphatic carbocycles. The Balaban J connectivity index is 1.56. The predicted octanol–water partition coefficient (Wildman–Crippen LogP) is 7.44. The summed E-state index contributed by atoms with van der Waals surface area (Å²) in [6, 6.07) is 20.7. The van der Waals surface area contributed by atoms with Gasteiger partial charge in [0, 0.05) is 42.9 Å². The van der Waals surface area contributed by atoms with E-state index in [0.29, 0.717) is 38.8 Å². The number of rotatable bonds is 7. The molecule has 0 aliphatic rings. The van der Waals surface area contributed by atoms with Crippen molar-refractivity contribution in [2.24, 2.45) is 0 Å². The molecular weight excluding hydrogens is 582 g/mol. The molecule has 7 nitrogen and oxygen atoms in total. The molecule has 2 aromatic heterocycles. The van der Waals surface area contributed by atoms with Crippen molar-refractivity contribution in [2.45, 2.75) is 13.0 Å². The van der Waals surface area contributed by atoms with E-state index in [2.05, 4.69) is 10.3 Å². The van der Waals surface area contributed by atoms with Gasteiger partial charge in [0.2, 0.25) is 0 Å². The lowest BCUT2D eigenvalue weighted by atomic mass is 9.97. The second-order valence-electron chi connectivity index (χ2n) is 10.4. The lowest BCUT2D eigenvalue weighted by Gasteiger charge is -2.20. The van der Waals surface area contributed by atoms with Gasteiger partial charge in [0.25, 0.3) is 11.5 Å². The number of nitrogens with one attached hydrogen (secondary N) is 1. The summed E-state index contributed by atoms with van der Waals surface area (Å²) in [5.41, 5.74) is 4.78. The smallest absolute Gasteiger partial charge is 0.261 e. The van der Waals surface area contributed by atoms with Crippen molar-refractivity contribution in [2.75, 3.05) is 24.7 Å².